The minimum absolute atomic E-state index is 0.0386. The van der Waals surface area contributed by atoms with Crippen LogP contribution in [-0.4, -0.2) is 44.7 Å². The highest BCUT2D eigenvalue weighted by molar-refractivity contribution is 5.94. The molecule has 0 saturated carbocycles. The van der Waals surface area contributed by atoms with Gasteiger partial charge in [0.05, 0.1) is 20.3 Å². The van der Waals surface area contributed by atoms with Gasteiger partial charge in [-0.25, -0.2) is 4.39 Å². The summed E-state index contributed by atoms with van der Waals surface area (Å²) in [5.41, 5.74) is 1.51. The molecule has 1 unspecified atom stereocenters. The third-order valence-electron chi connectivity index (χ3n) is 4.94. The van der Waals surface area contributed by atoms with E-state index < -0.39 is 0 Å². The van der Waals surface area contributed by atoms with E-state index in [1.807, 2.05) is 18.2 Å². The van der Waals surface area contributed by atoms with Crippen molar-refractivity contribution in [2.75, 3.05) is 33.9 Å². The third kappa shape index (κ3) is 4.57. The number of likely N-dealkylation sites (tertiary alicyclic amines) is 1. The maximum absolute atomic E-state index is 13.1. The Bertz CT molecular complexity index is 773. The molecular weight excluding hydrogens is 347 g/mol. The molecule has 2 aromatic carbocycles. The quantitative estimate of drug-likeness (QED) is 0.809. The van der Waals surface area contributed by atoms with Crippen molar-refractivity contribution in [2.24, 2.45) is 0 Å². The maximum Gasteiger partial charge on any atom is 0.251 e. The van der Waals surface area contributed by atoms with Crippen molar-refractivity contribution < 1.29 is 18.7 Å². The number of hydrogen-bond acceptors (Lipinski definition) is 4. The van der Waals surface area contributed by atoms with Gasteiger partial charge in [-0.3, -0.25) is 9.69 Å². The van der Waals surface area contributed by atoms with Crippen LogP contribution in [-0.2, 0) is 0 Å². The number of ether oxygens (including phenoxy) is 2. The predicted octanol–water partition coefficient (Wildman–Crippen LogP) is 3.41. The van der Waals surface area contributed by atoms with Gasteiger partial charge in [0.25, 0.3) is 5.91 Å². The number of halogens is 1. The highest BCUT2D eigenvalue weighted by Gasteiger charge is 2.25. The van der Waals surface area contributed by atoms with Crippen LogP contribution in [0.3, 0.4) is 0 Å². The number of carbonyl (C=O) groups excluding carboxylic acids is 1. The number of hydrogen-bond donors (Lipinski definition) is 1. The number of rotatable bonds is 7. The zero-order valence-electron chi connectivity index (χ0n) is 15.7. The summed E-state index contributed by atoms with van der Waals surface area (Å²) in [5.74, 6) is 0.785. The number of benzene rings is 2. The first-order chi connectivity index (χ1) is 13.1. The molecule has 1 fully saturated rings. The summed E-state index contributed by atoms with van der Waals surface area (Å²) in [6.45, 7) is 2.45. The molecule has 0 aliphatic carbocycles. The molecule has 1 aliphatic rings. The summed E-state index contributed by atoms with van der Waals surface area (Å²) in [7, 11) is 3.22. The lowest BCUT2D eigenvalue weighted by molar-refractivity contribution is 0.0938. The first kappa shape index (κ1) is 19.2. The van der Waals surface area contributed by atoms with Crippen LogP contribution in [0.25, 0.3) is 0 Å². The maximum atomic E-state index is 13.1. The van der Waals surface area contributed by atoms with Crippen molar-refractivity contribution in [2.45, 2.75) is 18.9 Å². The fourth-order valence-corrected chi connectivity index (χ4v) is 3.46. The van der Waals surface area contributed by atoms with Gasteiger partial charge in [0, 0.05) is 12.1 Å². The molecular formula is C21H25FN2O3. The lowest BCUT2D eigenvalue weighted by atomic mass is 10.0. The average molecular weight is 372 g/mol. The Labute approximate surface area is 159 Å². The molecule has 1 saturated heterocycles. The van der Waals surface area contributed by atoms with Gasteiger partial charge in [0.2, 0.25) is 0 Å². The largest absolute Gasteiger partial charge is 0.493 e. The van der Waals surface area contributed by atoms with Gasteiger partial charge in [0.1, 0.15) is 5.82 Å². The molecule has 2 aromatic rings. The number of amides is 1. The van der Waals surface area contributed by atoms with E-state index in [4.69, 9.17) is 9.47 Å². The summed E-state index contributed by atoms with van der Waals surface area (Å²) in [4.78, 5) is 14.8. The van der Waals surface area contributed by atoms with Crippen LogP contribution < -0.4 is 14.8 Å². The molecule has 144 valence electrons. The first-order valence-corrected chi connectivity index (χ1v) is 9.12. The molecule has 5 nitrogen and oxygen atoms in total. The van der Waals surface area contributed by atoms with E-state index in [0.717, 1.165) is 31.5 Å². The van der Waals surface area contributed by atoms with Crippen molar-refractivity contribution in [1.29, 1.82) is 0 Å². The van der Waals surface area contributed by atoms with Crippen LogP contribution in [0, 0.1) is 5.82 Å². The van der Waals surface area contributed by atoms with Gasteiger partial charge in [0.15, 0.2) is 11.5 Å². The smallest absolute Gasteiger partial charge is 0.251 e. The van der Waals surface area contributed by atoms with Crippen LogP contribution in [0.2, 0.25) is 0 Å². The summed E-state index contributed by atoms with van der Waals surface area (Å²) >= 11 is 0. The molecule has 1 aliphatic heterocycles. The number of nitrogens with zero attached hydrogens (tertiary/aromatic N) is 1. The predicted molar refractivity (Wildman–Crippen MR) is 102 cm³/mol. The van der Waals surface area contributed by atoms with Gasteiger partial charge in [-0.1, -0.05) is 6.07 Å². The summed E-state index contributed by atoms with van der Waals surface area (Å²) < 4.78 is 23.8. The van der Waals surface area contributed by atoms with Gasteiger partial charge in [-0.05, 0) is 67.9 Å². The molecule has 0 bridgehead atoms. The van der Waals surface area contributed by atoms with Gasteiger partial charge < -0.3 is 14.8 Å². The van der Waals surface area contributed by atoms with Crippen molar-refractivity contribution in [1.82, 2.24) is 10.2 Å². The molecule has 1 atom stereocenters. The van der Waals surface area contributed by atoms with Crippen molar-refractivity contribution in [3.05, 3.63) is 59.4 Å². The van der Waals surface area contributed by atoms with Gasteiger partial charge >= 0.3 is 0 Å². The molecule has 1 heterocycles. The Kier molecular flexibility index (Phi) is 6.29. The Morgan fingerprint density at radius 1 is 1.07 bits per heavy atom. The highest BCUT2D eigenvalue weighted by Crippen LogP contribution is 2.33. The van der Waals surface area contributed by atoms with E-state index in [9.17, 15) is 9.18 Å². The van der Waals surface area contributed by atoms with E-state index >= 15 is 0 Å². The monoisotopic (exact) mass is 372 g/mol. The summed E-state index contributed by atoms with van der Waals surface area (Å²) in [6, 6.07) is 11.5. The summed E-state index contributed by atoms with van der Waals surface area (Å²) in [5, 5.41) is 2.98. The molecule has 6 heteroatoms. The van der Waals surface area contributed by atoms with Crippen LogP contribution >= 0.6 is 0 Å². The lowest BCUT2D eigenvalue weighted by Crippen LogP contribution is -2.36. The van der Waals surface area contributed by atoms with E-state index in [0.29, 0.717) is 23.6 Å². The minimum atomic E-state index is -0.355. The highest BCUT2D eigenvalue weighted by atomic mass is 19.1. The van der Waals surface area contributed by atoms with E-state index in [1.165, 1.54) is 24.3 Å². The molecule has 0 radical (unpaired) electrons. The molecule has 0 aromatic heterocycles. The zero-order chi connectivity index (χ0) is 19.2. The second kappa shape index (κ2) is 8.86. The first-order valence-electron chi connectivity index (χ1n) is 9.12. The SMILES string of the molecule is COc1ccc(C(CNC(=O)c2ccc(F)cc2)N2CCCC2)cc1OC. The molecule has 3 rings (SSSR count). The van der Waals surface area contributed by atoms with Crippen molar-refractivity contribution >= 4 is 5.91 Å². The fourth-order valence-electron chi connectivity index (χ4n) is 3.46. The van der Waals surface area contributed by atoms with E-state index in [1.54, 1.807) is 14.2 Å². The second-order valence-corrected chi connectivity index (χ2v) is 6.59. The number of carbonyl (C=O) groups is 1. The van der Waals surface area contributed by atoms with E-state index in [2.05, 4.69) is 10.2 Å². The van der Waals surface area contributed by atoms with Crippen LogP contribution in [0.5, 0.6) is 11.5 Å². The fraction of sp³-hybridized carbons (Fsp3) is 0.381. The Morgan fingerprint density at radius 3 is 2.37 bits per heavy atom. The molecule has 27 heavy (non-hydrogen) atoms. The standard InChI is InChI=1S/C21H25FN2O3/c1-26-19-10-7-16(13-20(19)27-2)18(24-11-3-4-12-24)14-23-21(25)15-5-8-17(22)9-6-15/h5-10,13,18H,3-4,11-12,14H2,1-2H3,(H,23,25). The lowest BCUT2D eigenvalue weighted by Gasteiger charge is -2.28. The van der Waals surface area contributed by atoms with Crippen LogP contribution in [0.1, 0.15) is 34.8 Å². The van der Waals surface area contributed by atoms with Gasteiger partial charge in [-0.2, -0.15) is 0 Å². The van der Waals surface area contributed by atoms with Crippen molar-refractivity contribution in [3.8, 4) is 11.5 Å². The molecule has 0 spiro atoms. The molecule has 1 amide bonds. The van der Waals surface area contributed by atoms with Crippen molar-refractivity contribution in [3.63, 3.8) is 0 Å². The minimum Gasteiger partial charge on any atom is -0.493 e. The average Bonchev–Trinajstić information content (AvgIpc) is 3.22. The summed E-state index contributed by atoms with van der Waals surface area (Å²) in [6.07, 6.45) is 2.30. The topological polar surface area (TPSA) is 50.8 Å². The zero-order valence-corrected chi connectivity index (χ0v) is 15.7. The second-order valence-electron chi connectivity index (χ2n) is 6.59. The Hall–Kier alpha value is -2.60. The van der Waals surface area contributed by atoms with Crippen LogP contribution in [0.15, 0.2) is 42.5 Å². The molecule has 1 N–H and O–H groups in total. The normalized spacial score (nSPS) is 15.4. The Morgan fingerprint density at radius 2 is 1.74 bits per heavy atom. The van der Waals surface area contributed by atoms with Crippen LogP contribution in [0.4, 0.5) is 4.39 Å². The van der Waals surface area contributed by atoms with Gasteiger partial charge in [-0.15, -0.1) is 0 Å². The number of nitrogens with one attached hydrogen (secondary N) is 1. The van der Waals surface area contributed by atoms with E-state index in [-0.39, 0.29) is 17.8 Å². The number of methoxy groups -OCH3 is 2. The third-order valence-corrected chi connectivity index (χ3v) is 4.94. The Balaban J connectivity index is 1.77.